The Hall–Kier alpha value is -1.98. The first-order chi connectivity index (χ1) is 7.67. The molecular weight excluding hydrogens is 208 g/mol. The summed E-state index contributed by atoms with van der Waals surface area (Å²) in [7, 11) is 3.13. The highest BCUT2D eigenvalue weighted by atomic mass is 16.5. The third kappa shape index (κ3) is 3.30. The number of rotatable bonds is 5. The molecule has 1 aromatic rings. The minimum atomic E-state index is -0.0334. The number of carbonyl (C=O) groups is 1. The lowest BCUT2D eigenvalue weighted by molar-refractivity contribution is -0.120. The number of hydrogen-bond donors (Lipinski definition) is 3. The highest BCUT2D eigenvalue weighted by Crippen LogP contribution is 2.19. The van der Waals surface area contributed by atoms with Gasteiger partial charge in [-0.15, -0.1) is 0 Å². The highest BCUT2D eigenvalue weighted by molar-refractivity contribution is 5.76. The summed E-state index contributed by atoms with van der Waals surface area (Å²) in [6.07, 6.45) is 0.370. The summed E-state index contributed by atoms with van der Waals surface area (Å²) in [6.45, 7) is 0.476. The molecule has 0 aliphatic carbocycles. The van der Waals surface area contributed by atoms with Crippen LogP contribution in [0, 0.1) is 0 Å². The Kier molecular flexibility index (Phi) is 4.38. The minimum Gasteiger partial charge on any atom is -0.481 e. The van der Waals surface area contributed by atoms with Crippen molar-refractivity contribution in [2.24, 2.45) is 0 Å². The quantitative estimate of drug-likeness (QED) is 0.665. The number of nitrogens with zero attached hydrogens (tertiary/aromatic N) is 1. The van der Waals surface area contributed by atoms with Gasteiger partial charge in [0, 0.05) is 26.1 Å². The molecule has 0 aliphatic heterocycles. The molecule has 0 saturated carbocycles. The van der Waals surface area contributed by atoms with E-state index in [4.69, 9.17) is 10.5 Å². The van der Waals surface area contributed by atoms with Crippen LogP contribution in [-0.4, -0.2) is 31.6 Å². The first-order valence-electron chi connectivity index (χ1n) is 4.92. The lowest BCUT2D eigenvalue weighted by Gasteiger charge is -2.09. The molecule has 16 heavy (non-hydrogen) atoms. The lowest BCUT2D eigenvalue weighted by Crippen LogP contribution is -2.21. The van der Waals surface area contributed by atoms with Crippen molar-refractivity contribution in [3.63, 3.8) is 0 Å². The third-order valence-electron chi connectivity index (χ3n) is 2.03. The molecule has 1 heterocycles. The number of amides is 1. The van der Waals surface area contributed by atoms with Crippen molar-refractivity contribution in [1.82, 2.24) is 10.3 Å². The summed E-state index contributed by atoms with van der Waals surface area (Å²) >= 11 is 0. The molecule has 1 aromatic heterocycles. The van der Waals surface area contributed by atoms with Gasteiger partial charge >= 0.3 is 0 Å². The van der Waals surface area contributed by atoms with Gasteiger partial charge in [0.2, 0.25) is 11.8 Å². The van der Waals surface area contributed by atoms with Crippen molar-refractivity contribution in [1.29, 1.82) is 0 Å². The van der Waals surface area contributed by atoms with Crippen LogP contribution < -0.4 is 21.1 Å². The Morgan fingerprint density at radius 2 is 2.31 bits per heavy atom. The highest BCUT2D eigenvalue weighted by Gasteiger charge is 2.03. The van der Waals surface area contributed by atoms with Gasteiger partial charge in [-0.2, -0.15) is 4.98 Å². The summed E-state index contributed by atoms with van der Waals surface area (Å²) in [4.78, 5) is 15.1. The SMILES string of the molecule is CNC(=O)CCNc1nc(OC)ccc1N. The Labute approximate surface area is 94.2 Å². The largest absolute Gasteiger partial charge is 0.481 e. The Bertz CT molecular complexity index is 368. The number of pyridine rings is 1. The van der Waals surface area contributed by atoms with Gasteiger partial charge in [0.25, 0.3) is 0 Å². The number of methoxy groups -OCH3 is 1. The van der Waals surface area contributed by atoms with E-state index in [1.807, 2.05) is 0 Å². The standard InChI is InChI=1S/C10H16N4O2/c1-12-8(15)5-6-13-10-7(11)3-4-9(14-10)16-2/h3-4H,5-6,11H2,1-2H3,(H,12,15)(H,13,14). The predicted octanol–water partition coefficient (Wildman–Crippen LogP) is 0.220. The minimum absolute atomic E-state index is 0.0334. The van der Waals surface area contributed by atoms with E-state index in [1.54, 1.807) is 19.2 Å². The van der Waals surface area contributed by atoms with E-state index in [0.29, 0.717) is 30.4 Å². The normalized spacial score (nSPS) is 9.62. The van der Waals surface area contributed by atoms with Crippen LogP contribution >= 0.6 is 0 Å². The Balaban J connectivity index is 2.55. The number of nitrogen functional groups attached to an aromatic ring is 1. The lowest BCUT2D eigenvalue weighted by atomic mass is 10.3. The van der Waals surface area contributed by atoms with Crippen LogP contribution in [0.3, 0.4) is 0 Å². The van der Waals surface area contributed by atoms with Gasteiger partial charge in [0.05, 0.1) is 12.8 Å². The molecule has 6 nitrogen and oxygen atoms in total. The molecule has 1 rings (SSSR count). The van der Waals surface area contributed by atoms with Crippen LogP contribution in [0.1, 0.15) is 6.42 Å². The van der Waals surface area contributed by atoms with Crippen molar-refractivity contribution >= 4 is 17.4 Å². The van der Waals surface area contributed by atoms with E-state index in [2.05, 4.69) is 15.6 Å². The van der Waals surface area contributed by atoms with Crippen molar-refractivity contribution in [2.45, 2.75) is 6.42 Å². The van der Waals surface area contributed by atoms with E-state index in [0.717, 1.165) is 0 Å². The second-order valence-electron chi connectivity index (χ2n) is 3.14. The van der Waals surface area contributed by atoms with Gasteiger partial charge in [-0.3, -0.25) is 4.79 Å². The molecule has 0 radical (unpaired) electrons. The number of ether oxygens (including phenoxy) is 1. The van der Waals surface area contributed by atoms with E-state index in [-0.39, 0.29) is 5.91 Å². The van der Waals surface area contributed by atoms with Crippen LogP contribution in [0.2, 0.25) is 0 Å². The topological polar surface area (TPSA) is 89.3 Å². The summed E-state index contributed by atoms with van der Waals surface area (Å²) in [5.74, 6) is 0.980. The molecular formula is C10H16N4O2. The molecule has 0 aliphatic rings. The van der Waals surface area contributed by atoms with Gasteiger partial charge in [-0.1, -0.05) is 0 Å². The van der Waals surface area contributed by atoms with Crippen molar-refractivity contribution in [3.8, 4) is 5.88 Å². The zero-order chi connectivity index (χ0) is 12.0. The number of aromatic nitrogens is 1. The smallest absolute Gasteiger partial charge is 0.221 e. The second-order valence-corrected chi connectivity index (χ2v) is 3.14. The summed E-state index contributed by atoms with van der Waals surface area (Å²) in [6, 6.07) is 3.38. The number of hydrogen-bond acceptors (Lipinski definition) is 5. The van der Waals surface area contributed by atoms with Crippen molar-refractivity contribution < 1.29 is 9.53 Å². The summed E-state index contributed by atoms with van der Waals surface area (Å²) < 4.78 is 4.97. The number of carbonyl (C=O) groups excluding carboxylic acids is 1. The maximum Gasteiger partial charge on any atom is 0.221 e. The number of nitrogens with two attached hydrogens (primary N) is 1. The monoisotopic (exact) mass is 224 g/mol. The van der Waals surface area contributed by atoms with E-state index >= 15 is 0 Å². The molecule has 6 heteroatoms. The van der Waals surface area contributed by atoms with Crippen molar-refractivity contribution in [3.05, 3.63) is 12.1 Å². The maximum atomic E-state index is 11.0. The molecule has 88 valence electrons. The first-order valence-corrected chi connectivity index (χ1v) is 4.92. The fourth-order valence-electron chi connectivity index (χ4n) is 1.13. The fourth-order valence-corrected chi connectivity index (χ4v) is 1.13. The van der Waals surface area contributed by atoms with Crippen LogP contribution in [0.4, 0.5) is 11.5 Å². The number of nitrogens with one attached hydrogen (secondary N) is 2. The van der Waals surface area contributed by atoms with E-state index in [9.17, 15) is 4.79 Å². The van der Waals surface area contributed by atoms with Gasteiger partial charge in [-0.05, 0) is 6.07 Å². The maximum absolute atomic E-state index is 11.0. The molecule has 0 aromatic carbocycles. The van der Waals surface area contributed by atoms with Crippen LogP contribution in [0.15, 0.2) is 12.1 Å². The molecule has 0 saturated heterocycles. The fraction of sp³-hybridized carbons (Fsp3) is 0.400. The second kappa shape index (κ2) is 5.79. The zero-order valence-electron chi connectivity index (χ0n) is 9.41. The van der Waals surface area contributed by atoms with Gasteiger partial charge in [0.15, 0.2) is 5.82 Å². The predicted molar refractivity (Wildman–Crippen MR) is 62.4 cm³/mol. The van der Waals surface area contributed by atoms with Gasteiger partial charge < -0.3 is 21.1 Å². The summed E-state index contributed by atoms with van der Waals surface area (Å²) in [5, 5.41) is 5.51. The van der Waals surface area contributed by atoms with Gasteiger partial charge in [-0.25, -0.2) is 0 Å². The molecule has 4 N–H and O–H groups in total. The number of anilines is 2. The molecule has 0 bridgehead atoms. The van der Waals surface area contributed by atoms with Crippen LogP contribution in [-0.2, 0) is 4.79 Å². The van der Waals surface area contributed by atoms with Gasteiger partial charge in [0.1, 0.15) is 0 Å². The average Bonchev–Trinajstić information content (AvgIpc) is 2.31. The van der Waals surface area contributed by atoms with Crippen molar-refractivity contribution in [2.75, 3.05) is 31.8 Å². The molecule has 0 atom stereocenters. The van der Waals surface area contributed by atoms with Crippen LogP contribution in [0.25, 0.3) is 0 Å². The molecule has 1 amide bonds. The average molecular weight is 224 g/mol. The zero-order valence-corrected chi connectivity index (χ0v) is 9.41. The molecule has 0 fully saturated rings. The Morgan fingerprint density at radius 3 is 2.94 bits per heavy atom. The first kappa shape index (κ1) is 12.1. The third-order valence-corrected chi connectivity index (χ3v) is 2.03. The Morgan fingerprint density at radius 1 is 1.56 bits per heavy atom. The van der Waals surface area contributed by atoms with E-state index < -0.39 is 0 Å². The summed E-state index contributed by atoms with van der Waals surface area (Å²) in [5.41, 5.74) is 6.24. The molecule has 0 spiro atoms. The van der Waals surface area contributed by atoms with Crippen LogP contribution in [0.5, 0.6) is 5.88 Å². The van der Waals surface area contributed by atoms with E-state index in [1.165, 1.54) is 7.11 Å². The molecule has 0 unspecified atom stereocenters.